The second-order valence-electron chi connectivity index (χ2n) is 11.7. The third-order valence-electron chi connectivity index (χ3n) is 8.98. The number of nitrogens with zero attached hydrogens (tertiary/aromatic N) is 5. The molecule has 2 aromatic carbocycles. The van der Waals surface area contributed by atoms with Crippen LogP contribution in [0.5, 0.6) is 11.6 Å². The van der Waals surface area contributed by atoms with Crippen LogP contribution in [0.25, 0.3) is 11.0 Å². The number of hydrogen-bond donors (Lipinski definition) is 0. The van der Waals surface area contributed by atoms with Crippen LogP contribution in [0.15, 0.2) is 48.5 Å². The fourth-order valence-electron chi connectivity index (χ4n) is 6.43. The second kappa shape index (κ2) is 13.0. The quantitative estimate of drug-likeness (QED) is 0.228. The molecule has 13 heteroatoms. The van der Waals surface area contributed by atoms with Crippen LogP contribution in [0.1, 0.15) is 28.2 Å². The summed E-state index contributed by atoms with van der Waals surface area (Å²) in [6.07, 6.45) is 1.05. The van der Waals surface area contributed by atoms with E-state index in [1.807, 2.05) is 18.2 Å². The van der Waals surface area contributed by atoms with Crippen molar-refractivity contribution in [1.29, 1.82) is 0 Å². The minimum atomic E-state index is -0.434. The maximum absolute atomic E-state index is 14.3. The number of halogens is 2. The molecule has 0 unspecified atom stereocenters. The number of fused-ring (bicyclic) bond motifs is 2. The standard InChI is InChI=1S/C33H35ClFN5O6/c1-42-28-13-21(33(41)43-2)12-25-32(28)37-30(40(25)15-23-8-11-45-23)16-38-9-10-39(27-19-44-18-26(27)38)29-4-3-5-31(36-29)46-17-20-6-7-22(34)14-24(20)35/h3-7,12-14,23,26-27H,8-11,15-19H2,1-2H3/t23-,26+,27-/m0/s1. The zero-order valence-corrected chi connectivity index (χ0v) is 26.4. The third-order valence-corrected chi connectivity index (χ3v) is 9.21. The largest absolute Gasteiger partial charge is 0.494 e. The van der Waals surface area contributed by atoms with Gasteiger partial charge in [0, 0.05) is 36.3 Å². The molecule has 3 aliphatic rings. The summed E-state index contributed by atoms with van der Waals surface area (Å²) < 4.78 is 44.8. The van der Waals surface area contributed by atoms with Crippen LogP contribution < -0.4 is 14.4 Å². The molecule has 0 radical (unpaired) electrons. The first-order valence-electron chi connectivity index (χ1n) is 15.3. The number of carbonyl (C=O) groups excluding carboxylic acids is 1. The van der Waals surface area contributed by atoms with E-state index in [1.54, 1.807) is 31.4 Å². The van der Waals surface area contributed by atoms with Crippen LogP contribution in [0.2, 0.25) is 5.02 Å². The molecule has 0 aliphatic carbocycles. The van der Waals surface area contributed by atoms with Crippen LogP contribution in [0, 0.1) is 5.82 Å². The molecule has 3 atom stereocenters. The Hall–Kier alpha value is -3.97. The maximum atomic E-state index is 14.3. The first-order chi connectivity index (χ1) is 22.4. The van der Waals surface area contributed by atoms with E-state index in [-0.39, 0.29) is 24.8 Å². The molecule has 11 nitrogen and oxygen atoms in total. The fourth-order valence-corrected chi connectivity index (χ4v) is 6.59. The number of benzene rings is 2. The van der Waals surface area contributed by atoms with Crippen molar-refractivity contribution < 1.29 is 32.9 Å². The van der Waals surface area contributed by atoms with Gasteiger partial charge in [0.05, 0.1) is 69.8 Å². The lowest BCUT2D eigenvalue weighted by molar-refractivity contribution is -0.0592. The number of ether oxygens (including phenoxy) is 5. The van der Waals surface area contributed by atoms with Crippen LogP contribution in [-0.2, 0) is 33.9 Å². The summed E-state index contributed by atoms with van der Waals surface area (Å²) in [7, 11) is 2.94. The Labute approximate surface area is 270 Å². The summed E-state index contributed by atoms with van der Waals surface area (Å²) in [6.45, 7) is 4.60. The third kappa shape index (κ3) is 5.97. The predicted octanol–water partition coefficient (Wildman–Crippen LogP) is 4.48. The number of piperazine rings is 1. The summed E-state index contributed by atoms with van der Waals surface area (Å²) in [4.78, 5) is 27.0. The van der Waals surface area contributed by atoms with Gasteiger partial charge in [-0.1, -0.05) is 23.7 Å². The van der Waals surface area contributed by atoms with Gasteiger partial charge in [0.25, 0.3) is 0 Å². The molecule has 242 valence electrons. The molecule has 7 rings (SSSR count). The van der Waals surface area contributed by atoms with E-state index in [1.165, 1.54) is 13.2 Å². The van der Waals surface area contributed by atoms with Crippen molar-refractivity contribution in [3.05, 3.63) is 76.3 Å². The van der Waals surface area contributed by atoms with Gasteiger partial charge in [-0.2, -0.15) is 4.98 Å². The highest BCUT2D eigenvalue weighted by molar-refractivity contribution is 6.30. The first-order valence-corrected chi connectivity index (χ1v) is 15.7. The highest BCUT2D eigenvalue weighted by Gasteiger charge is 2.42. The first kappa shape index (κ1) is 30.7. The minimum Gasteiger partial charge on any atom is -0.494 e. The number of anilines is 1. The van der Waals surface area contributed by atoms with Gasteiger partial charge >= 0.3 is 5.97 Å². The highest BCUT2D eigenvalue weighted by Crippen LogP contribution is 2.33. The molecule has 46 heavy (non-hydrogen) atoms. The van der Waals surface area contributed by atoms with Crippen molar-refractivity contribution in [3.63, 3.8) is 0 Å². The molecule has 0 bridgehead atoms. The maximum Gasteiger partial charge on any atom is 0.338 e. The summed E-state index contributed by atoms with van der Waals surface area (Å²) in [5.74, 6) is 1.73. The van der Waals surface area contributed by atoms with E-state index >= 15 is 0 Å². The SMILES string of the molecule is COC(=O)c1cc(OC)c2nc(CN3CCN(c4cccc(OCc5ccc(Cl)cc5F)n4)[C@H]4COC[C@H]43)n(C[C@@H]3CCO3)c2c1. The summed E-state index contributed by atoms with van der Waals surface area (Å²) in [5.41, 5.74) is 2.32. The van der Waals surface area contributed by atoms with E-state index in [4.69, 9.17) is 45.3 Å². The van der Waals surface area contributed by atoms with Crippen LogP contribution in [0.4, 0.5) is 10.2 Å². The molecular weight excluding hydrogens is 617 g/mol. The number of hydrogen-bond acceptors (Lipinski definition) is 10. The lowest BCUT2D eigenvalue weighted by atomic mass is 10.0. The molecule has 0 amide bonds. The monoisotopic (exact) mass is 651 g/mol. The topological polar surface area (TPSA) is 100 Å². The van der Waals surface area contributed by atoms with Crippen molar-refractivity contribution in [1.82, 2.24) is 19.4 Å². The molecule has 3 saturated heterocycles. The Bertz CT molecular complexity index is 1750. The van der Waals surface area contributed by atoms with Crippen molar-refractivity contribution in [2.24, 2.45) is 0 Å². The van der Waals surface area contributed by atoms with Crippen molar-refractivity contribution in [3.8, 4) is 11.6 Å². The molecule has 0 spiro atoms. The van der Waals surface area contributed by atoms with Gasteiger partial charge in [-0.05, 0) is 36.8 Å². The average molecular weight is 652 g/mol. The van der Waals surface area contributed by atoms with Crippen molar-refractivity contribution >= 4 is 34.4 Å². The van der Waals surface area contributed by atoms with E-state index in [9.17, 15) is 9.18 Å². The number of imidazole rings is 1. The van der Waals surface area contributed by atoms with Gasteiger partial charge in [-0.15, -0.1) is 0 Å². The highest BCUT2D eigenvalue weighted by atomic mass is 35.5. The molecular formula is C33H35ClFN5O6. The minimum absolute atomic E-state index is 0.0429. The average Bonchev–Trinajstić information content (AvgIpc) is 3.67. The van der Waals surface area contributed by atoms with Crippen LogP contribution in [0.3, 0.4) is 0 Å². The number of pyridine rings is 1. The van der Waals surface area contributed by atoms with Gasteiger partial charge in [0.1, 0.15) is 35.3 Å². The molecule has 0 saturated carbocycles. The number of aromatic nitrogens is 3. The molecule has 5 heterocycles. The lowest BCUT2D eigenvalue weighted by Crippen LogP contribution is -2.59. The van der Waals surface area contributed by atoms with Crippen molar-refractivity contribution in [2.75, 3.05) is 52.0 Å². The summed E-state index contributed by atoms with van der Waals surface area (Å²) in [5, 5.41) is 0.339. The predicted molar refractivity (Wildman–Crippen MR) is 168 cm³/mol. The normalized spacial score (nSPS) is 21.2. The number of methoxy groups -OCH3 is 2. The smallest absolute Gasteiger partial charge is 0.338 e. The zero-order chi connectivity index (χ0) is 31.8. The van der Waals surface area contributed by atoms with Gasteiger partial charge in [-0.25, -0.2) is 14.2 Å². The molecule has 3 fully saturated rings. The van der Waals surface area contributed by atoms with E-state index in [0.29, 0.717) is 66.1 Å². The van der Waals surface area contributed by atoms with Crippen LogP contribution >= 0.6 is 11.6 Å². The van der Waals surface area contributed by atoms with Gasteiger partial charge in [0.15, 0.2) is 0 Å². The van der Waals surface area contributed by atoms with Gasteiger partial charge < -0.3 is 33.2 Å². The fraction of sp³-hybridized carbons (Fsp3) is 0.424. The Kier molecular flexibility index (Phi) is 8.69. The summed E-state index contributed by atoms with van der Waals surface area (Å²) >= 11 is 5.89. The molecule has 2 aromatic heterocycles. The van der Waals surface area contributed by atoms with Crippen LogP contribution in [-0.4, -0.2) is 90.7 Å². The molecule has 3 aliphatic heterocycles. The Morgan fingerprint density at radius 2 is 1.93 bits per heavy atom. The second-order valence-corrected chi connectivity index (χ2v) is 12.1. The summed E-state index contributed by atoms with van der Waals surface area (Å²) in [6, 6.07) is 13.8. The van der Waals surface area contributed by atoms with E-state index in [2.05, 4.69) is 14.4 Å². The number of carbonyl (C=O) groups is 1. The van der Waals surface area contributed by atoms with E-state index < -0.39 is 11.8 Å². The van der Waals surface area contributed by atoms with Gasteiger partial charge in [0.2, 0.25) is 5.88 Å². The molecule has 0 N–H and O–H groups in total. The lowest BCUT2D eigenvalue weighted by Gasteiger charge is -2.44. The zero-order valence-electron chi connectivity index (χ0n) is 25.7. The van der Waals surface area contributed by atoms with Gasteiger partial charge in [-0.3, -0.25) is 4.90 Å². The Balaban J connectivity index is 1.12. The Morgan fingerprint density at radius 1 is 1.09 bits per heavy atom. The van der Waals surface area contributed by atoms with Crippen molar-refractivity contribution in [2.45, 2.75) is 44.3 Å². The van der Waals surface area contributed by atoms with E-state index in [0.717, 1.165) is 36.7 Å². The number of rotatable bonds is 10. The number of esters is 1. The Morgan fingerprint density at radius 3 is 2.70 bits per heavy atom. The molecule has 4 aromatic rings.